The SMILES string of the molecule is Cc1ccn2c(C)c(-c3ccc4nc(C)[nH]c4c3)nc2c1. The third-order valence-corrected chi connectivity index (χ3v) is 3.89. The molecule has 4 heteroatoms. The van der Waals surface area contributed by atoms with Gasteiger partial charge in [0.15, 0.2) is 0 Å². The molecular formula is C17H16N4. The zero-order chi connectivity index (χ0) is 14.6. The van der Waals surface area contributed by atoms with Gasteiger partial charge in [0.25, 0.3) is 0 Å². The molecule has 0 amide bonds. The maximum absolute atomic E-state index is 4.79. The molecule has 104 valence electrons. The van der Waals surface area contributed by atoms with Crippen LogP contribution in [0.5, 0.6) is 0 Å². The van der Waals surface area contributed by atoms with Crippen LogP contribution in [-0.2, 0) is 0 Å². The van der Waals surface area contributed by atoms with E-state index in [-0.39, 0.29) is 0 Å². The normalized spacial score (nSPS) is 11.6. The van der Waals surface area contributed by atoms with Gasteiger partial charge in [0, 0.05) is 17.5 Å². The van der Waals surface area contributed by atoms with Crippen molar-refractivity contribution >= 4 is 16.7 Å². The van der Waals surface area contributed by atoms with Crippen molar-refractivity contribution < 1.29 is 0 Å². The Kier molecular flexibility index (Phi) is 2.42. The number of hydrogen-bond acceptors (Lipinski definition) is 2. The summed E-state index contributed by atoms with van der Waals surface area (Å²) in [5, 5.41) is 0. The van der Waals surface area contributed by atoms with Gasteiger partial charge in [0.05, 0.1) is 16.7 Å². The monoisotopic (exact) mass is 276 g/mol. The first-order valence-electron chi connectivity index (χ1n) is 7.04. The number of aromatic nitrogens is 4. The number of H-pyrrole nitrogens is 1. The molecule has 0 aliphatic heterocycles. The van der Waals surface area contributed by atoms with E-state index >= 15 is 0 Å². The molecule has 0 unspecified atom stereocenters. The number of nitrogens with zero attached hydrogens (tertiary/aromatic N) is 3. The van der Waals surface area contributed by atoms with Crippen molar-refractivity contribution in [1.82, 2.24) is 19.4 Å². The van der Waals surface area contributed by atoms with Crippen molar-refractivity contribution in [2.45, 2.75) is 20.8 Å². The van der Waals surface area contributed by atoms with E-state index in [1.165, 1.54) is 5.56 Å². The molecule has 0 aliphatic rings. The molecule has 0 saturated carbocycles. The number of fused-ring (bicyclic) bond motifs is 2. The van der Waals surface area contributed by atoms with Crippen molar-refractivity contribution in [2.75, 3.05) is 0 Å². The second kappa shape index (κ2) is 4.19. The highest BCUT2D eigenvalue weighted by atomic mass is 15.0. The summed E-state index contributed by atoms with van der Waals surface area (Å²) in [6, 6.07) is 10.5. The Balaban J connectivity index is 1.96. The number of aromatic amines is 1. The fourth-order valence-electron chi connectivity index (χ4n) is 2.83. The van der Waals surface area contributed by atoms with E-state index in [1.807, 2.05) is 13.0 Å². The third-order valence-electron chi connectivity index (χ3n) is 3.89. The summed E-state index contributed by atoms with van der Waals surface area (Å²) in [5.74, 6) is 0.935. The second-order valence-electron chi connectivity index (χ2n) is 5.53. The summed E-state index contributed by atoms with van der Waals surface area (Å²) in [7, 11) is 0. The molecule has 0 atom stereocenters. The number of benzene rings is 1. The van der Waals surface area contributed by atoms with E-state index in [1.54, 1.807) is 0 Å². The van der Waals surface area contributed by atoms with Gasteiger partial charge in [-0.3, -0.25) is 0 Å². The lowest BCUT2D eigenvalue weighted by Crippen LogP contribution is -1.87. The fourth-order valence-corrected chi connectivity index (χ4v) is 2.83. The number of imidazole rings is 2. The lowest BCUT2D eigenvalue weighted by Gasteiger charge is -2.00. The Hall–Kier alpha value is -2.62. The highest BCUT2D eigenvalue weighted by Gasteiger charge is 2.11. The first-order valence-corrected chi connectivity index (χ1v) is 7.04. The van der Waals surface area contributed by atoms with Crippen LogP contribution >= 0.6 is 0 Å². The summed E-state index contributed by atoms with van der Waals surface area (Å²) >= 11 is 0. The number of nitrogens with one attached hydrogen (secondary N) is 1. The summed E-state index contributed by atoms with van der Waals surface area (Å²) in [4.78, 5) is 12.5. The van der Waals surface area contributed by atoms with Crippen LogP contribution in [0, 0.1) is 20.8 Å². The van der Waals surface area contributed by atoms with Crippen LogP contribution in [-0.4, -0.2) is 19.4 Å². The van der Waals surface area contributed by atoms with Crippen LogP contribution < -0.4 is 0 Å². The van der Waals surface area contributed by atoms with Gasteiger partial charge >= 0.3 is 0 Å². The largest absolute Gasteiger partial charge is 0.342 e. The first-order chi connectivity index (χ1) is 10.1. The molecule has 1 aromatic carbocycles. The predicted molar refractivity (Wildman–Crippen MR) is 84.5 cm³/mol. The summed E-state index contributed by atoms with van der Waals surface area (Å²) in [6.45, 7) is 6.16. The van der Waals surface area contributed by atoms with Crippen molar-refractivity contribution in [3.8, 4) is 11.3 Å². The minimum Gasteiger partial charge on any atom is -0.342 e. The minimum atomic E-state index is 0.935. The van der Waals surface area contributed by atoms with E-state index in [9.17, 15) is 0 Å². The Morgan fingerprint density at radius 1 is 1.00 bits per heavy atom. The molecule has 21 heavy (non-hydrogen) atoms. The van der Waals surface area contributed by atoms with Crippen molar-refractivity contribution in [3.63, 3.8) is 0 Å². The zero-order valence-corrected chi connectivity index (χ0v) is 12.3. The molecule has 0 saturated heterocycles. The molecule has 0 bridgehead atoms. The summed E-state index contributed by atoms with van der Waals surface area (Å²) in [5.41, 5.74) is 7.55. The molecule has 4 rings (SSSR count). The van der Waals surface area contributed by atoms with Crippen LogP contribution in [0.2, 0.25) is 0 Å². The number of aryl methyl sites for hydroxylation is 3. The Morgan fingerprint density at radius 2 is 1.86 bits per heavy atom. The third kappa shape index (κ3) is 1.83. The van der Waals surface area contributed by atoms with Crippen molar-refractivity contribution in [1.29, 1.82) is 0 Å². The average Bonchev–Trinajstić information content (AvgIpc) is 2.97. The maximum atomic E-state index is 4.79. The van der Waals surface area contributed by atoms with Gasteiger partial charge in [-0.15, -0.1) is 0 Å². The zero-order valence-electron chi connectivity index (χ0n) is 12.3. The van der Waals surface area contributed by atoms with Crippen LogP contribution in [0.1, 0.15) is 17.1 Å². The number of hydrogen-bond donors (Lipinski definition) is 1. The molecule has 3 aromatic heterocycles. The Bertz CT molecular complexity index is 975. The second-order valence-corrected chi connectivity index (χ2v) is 5.53. The molecule has 0 radical (unpaired) electrons. The standard InChI is InChI=1S/C17H16N4/c1-10-6-7-21-11(2)17(20-16(21)8-10)13-4-5-14-15(9-13)19-12(3)18-14/h4-9H,1-3H3,(H,18,19). The topological polar surface area (TPSA) is 46.0 Å². The minimum absolute atomic E-state index is 0.935. The quantitative estimate of drug-likeness (QED) is 0.574. The van der Waals surface area contributed by atoms with Gasteiger partial charge < -0.3 is 9.38 Å². The Morgan fingerprint density at radius 3 is 2.71 bits per heavy atom. The first kappa shape index (κ1) is 12.1. The smallest absolute Gasteiger partial charge is 0.137 e. The molecule has 0 spiro atoms. The van der Waals surface area contributed by atoms with E-state index in [4.69, 9.17) is 4.98 Å². The van der Waals surface area contributed by atoms with Gasteiger partial charge in [-0.25, -0.2) is 9.97 Å². The van der Waals surface area contributed by atoms with E-state index in [0.717, 1.165) is 39.5 Å². The molecule has 4 aromatic rings. The Labute approximate surface area is 122 Å². The average molecular weight is 276 g/mol. The number of rotatable bonds is 1. The van der Waals surface area contributed by atoms with Crippen LogP contribution in [0.3, 0.4) is 0 Å². The maximum Gasteiger partial charge on any atom is 0.137 e. The van der Waals surface area contributed by atoms with Gasteiger partial charge in [-0.05, 0) is 50.6 Å². The van der Waals surface area contributed by atoms with Crippen LogP contribution in [0.25, 0.3) is 27.9 Å². The molecule has 0 aliphatic carbocycles. The highest BCUT2D eigenvalue weighted by Crippen LogP contribution is 2.26. The lowest BCUT2D eigenvalue weighted by atomic mass is 10.1. The van der Waals surface area contributed by atoms with E-state index in [2.05, 4.69) is 58.7 Å². The van der Waals surface area contributed by atoms with Gasteiger partial charge in [-0.1, -0.05) is 6.07 Å². The van der Waals surface area contributed by atoms with Crippen LogP contribution in [0.15, 0.2) is 36.5 Å². The molecule has 4 nitrogen and oxygen atoms in total. The fraction of sp³-hybridized carbons (Fsp3) is 0.176. The van der Waals surface area contributed by atoms with E-state index in [0.29, 0.717) is 0 Å². The van der Waals surface area contributed by atoms with E-state index < -0.39 is 0 Å². The molecule has 0 fully saturated rings. The van der Waals surface area contributed by atoms with Crippen LogP contribution in [0.4, 0.5) is 0 Å². The summed E-state index contributed by atoms with van der Waals surface area (Å²) < 4.78 is 2.13. The van der Waals surface area contributed by atoms with Crippen molar-refractivity contribution in [2.24, 2.45) is 0 Å². The molecule has 3 heterocycles. The lowest BCUT2D eigenvalue weighted by molar-refractivity contribution is 1.10. The van der Waals surface area contributed by atoms with Gasteiger partial charge in [0.2, 0.25) is 0 Å². The van der Waals surface area contributed by atoms with Gasteiger partial charge in [-0.2, -0.15) is 0 Å². The highest BCUT2D eigenvalue weighted by molar-refractivity contribution is 5.82. The molecular weight excluding hydrogens is 260 g/mol. The molecule has 1 N–H and O–H groups in total. The van der Waals surface area contributed by atoms with Crippen molar-refractivity contribution in [3.05, 3.63) is 53.6 Å². The summed E-state index contributed by atoms with van der Waals surface area (Å²) in [6.07, 6.45) is 2.08. The van der Waals surface area contributed by atoms with Gasteiger partial charge in [0.1, 0.15) is 11.5 Å². The predicted octanol–water partition coefficient (Wildman–Crippen LogP) is 3.80. The number of pyridine rings is 1.